The number of nitrogens with zero attached hydrogens (tertiary/aromatic N) is 2. The number of ether oxygens (including phenoxy) is 2. The molecule has 4 rings (SSSR count). The molecule has 8 heteroatoms. The molecule has 0 unspecified atom stereocenters. The quantitative estimate of drug-likeness (QED) is 0.493. The van der Waals surface area contributed by atoms with Crippen molar-refractivity contribution < 1.29 is 23.5 Å². The molecule has 0 fully saturated rings. The van der Waals surface area contributed by atoms with Gasteiger partial charge in [0.25, 0.3) is 5.91 Å². The maximum absolute atomic E-state index is 13.3. The van der Waals surface area contributed by atoms with Crippen molar-refractivity contribution in [1.29, 1.82) is 0 Å². The molecule has 1 aliphatic heterocycles. The van der Waals surface area contributed by atoms with Crippen molar-refractivity contribution in [3.05, 3.63) is 81.8 Å². The molecule has 6 nitrogen and oxygen atoms in total. The van der Waals surface area contributed by atoms with Crippen LogP contribution in [0.2, 0.25) is 0 Å². The van der Waals surface area contributed by atoms with E-state index in [1.807, 2.05) is 29.6 Å². The largest absolute Gasteiger partial charge is 0.493 e. The fourth-order valence-corrected chi connectivity index (χ4v) is 4.23. The monoisotopic (exact) mass is 454 g/mol. The van der Waals surface area contributed by atoms with Crippen LogP contribution < -0.4 is 9.47 Å². The molecule has 2 heterocycles. The van der Waals surface area contributed by atoms with E-state index in [-0.39, 0.29) is 17.8 Å². The Morgan fingerprint density at radius 1 is 1.16 bits per heavy atom. The van der Waals surface area contributed by atoms with Crippen molar-refractivity contribution in [1.82, 2.24) is 4.90 Å². The normalized spacial score (nSPS) is 15.1. The lowest BCUT2D eigenvalue weighted by molar-refractivity contribution is 0.0408. The van der Waals surface area contributed by atoms with Gasteiger partial charge in [0.05, 0.1) is 31.4 Å². The van der Waals surface area contributed by atoms with E-state index in [1.54, 1.807) is 37.3 Å². The molecular formula is C24H23FN2O4S. The van der Waals surface area contributed by atoms with Crippen LogP contribution in [0.4, 0.5) is 4.39 Å². The van der Waals surface area contributed by atoms with Gasteiger partial charge in [-0.1, -0.05) is 23.4 Å². The number of rotatable bonds is 8. The smallest absolute Gasteiger partial charge is 0.264 e. The van der Waals surface area contributed by atoms with Crippen LogP contribution in [-0.4, -0.2) is 43.4 Å². The summed E-state index contributed by atoms with van der Waals surface area (Å²) < 4.78 is 24.0. The van der Waals surface area contributed by atoms with E-state index in [0.29, 0.717) is 35.9 Å². The summed E-state index contributed by atoms with van der Waals surface area (Å²) in [6.07, 6.45) is 0.259. The number of methoxy groups -OCH3 is 2. The molecule has 1 atom stereocenters. The second kappa shape index (κ2) is 9.82. The molecule has 2 aromatic carbocycles. The Bertz CT molecular complexity index is 1100. The Morgan fingerprint density at radius 2 is 1.94 bits per heavy atom. The highest BCUT2D eigenvalue weighted by molar-refractivity contribution is 7.12. The van der Waals surface area contributed by atoms with E-state index < -0.39 is 0 Å². The zero-order valence-corrected chi connectivity index (χ0v) is 18.6. The van der Waals surface area contributed by atoms with E-state index >= 15 is 0 Å². The Balaban J connectivity index is 1.48. The SMILES string of the molecule is COc1ccc(C2=NO[C@H](CN(Cc3ccc(F)cc3)C(=O)c3cccs3)C2)cc1OC. The standard InChI is InChI=1S/C24H23FN2O4S/c1-29-21-10-7-17(12-22(21)30-2)20-13-19(31-26-20)15-27(24(28)23-4-3-11-32-23)14-16-5-8-18(25)9-6-16/h3-12,19H,13-15H2,1-2H3/t19-/m0/s1. The molecule has 0 bridgehead atoms. The summed E-state index contributed by atoms with van der Waals surface area (Å²) in [4.78, 5) is 21.1. The minimum Gasteiger partial charge on any atom is -0.493 e. The van der Waals surface area contributed by atoms with Gasteiger partial charge in [0.2, 0.25) is 0 Å². The van der Waals surface area contributed by atoms with Gasteiger partial charge in [-0.15, -0.1) is 11.3 Å². The van der Waals surface area contributed by atoms with Gasteiger partial charge in [0, 0.05) is 18.5 Å². The number of hydrogen-bond acceptors (Lipinski definition) is 6. The zero-order chi connectivity index (χ0) is 22.5. The first-order valence-corrected chi connectivity index (χ1v) is 11.0. The summed E-state index contributed by atoms with van der Waals surface area (Å²) in [6, 6.07) is 15.4. The fourth-order valence-electron chi connectivity index (χ4n) is 3.54. The number of carbonyl (C=O) groups is 1. The topological polar surface area (TPSA) is 60.4 Å². The predicted molar refractivity (Wildman–Crippen MR) is 121 cm³/mol. The highest BCUT2D eigenvalue weighted by atomic mass is 32.1. The number of halogens is 1. The van der Waals surface area contributed by atoms with Crippen molar-refractivity contribution in [3.63, 3.8) is 0 Å². The van der Waals surface area contributed by atoms with Gasteiger partial charge in [-0.05, 0) is 47.3 Å². The third-order valence-corrected chi connectivity index (χ3v) is 6.04. The lowest BCUT2D eigenvalue weighted by Crippen LogP contribution is -2.37. The van der Waals surface area contributed by atoms with Gasteiger partial charge in [-0.2, -0.15) is 0 Å². The third-order valence-electron chi connectivity index (χ3n) is 5.18. The van der Waals surface area contributed by atoms with Gasteiger partial charge in [-0.3, -0.25) is 4.79 Å². The van der Waals surface area contributed by atoms with Crippen LogP contribution in [0.25, 0.3) is 0 Å². The molecule has 0 spiro atoms. The molecule has 1 aliphatic rings. The van der Waals surface area contributed by atoms with Crippen LogP contribution >= 0.6 is 11.3 Å². The number of hydrogen-bond donors (Lipinski definition) is 0. The van der Waals surface area contributed by atoms with Crippen molar-refractivity contribution in [2.24, 2.45) is 5.16 Å². The second-order valence-corrected chi connectivity index (χ2v) is 8.28. The second-order valence-electron chi connectivity index (χ2n) is 7.33. The Morgan fingerprint density at radius 3 is 2.62 bits per heavy atom. The van der Waals surface area contributed by atoms with Crippen molar-refractivity contribution >= 4 is 23.0 Å². The lowest BCUT2D eigenvalue weighted by Gasteiger charge is -2.24. The summed E-state index contributed by atoms with van der Waals surface area (Å²) in [5.41, 5.74) is 2.50. The maximum atomic E-state index is 13.3. The van der Waals surface area contributed by atoms with E-state index in [0.717, 1.165) is 16.8 Å². The summed E-state index contributed by atoms with van der Waals surface area (Å²) in [6.45, 7) is 0.705. The summed E-state index contributed by atoms with van der Waals surface area (Å²) in [5, 5.41) is 6.12. The van der Waals surface area contributed by atoms with Crippen molar-refractivity contribution in [3.8, 4) is 11.5 Å². The number of carbonyl (C=O) groups excluding carboxylic acids is 1. The minimum atomic E-state index is -0.308. The summed E-state index contributed by atoms with van der Waals surface area (Å²) in [7, 11) is 3.17. The van der Waals surface area contributed by atoms with Crippen molar-refractivity contribution in [2.45, 2.75) is 19.1 Å². The Hall–Kier alpha value is -3.39. The van der Waals surface area contributed by atoms with Crippen LogP contribution in [0.1, 0.15) is 27.2 Å². The molecule has 0 radical (unpaired) electrons. The van der Waals surface area contributed by atoms with Crippen LogP contribution in [0.5, 0.6) is 11.5 Å². The molecule has 0 aliphatic carbocycles. The van der Waals surface area contributed by atoms with Crippen LogP contribution in [0.3, 0.4) is 0 Å². The number of thiophene rings is 1. The predicted octanol–water partition coefficient (Wildman–Crippen LogP) is 4.74. The first-order valence-electron chi connectivity index (χ1n) is 10.1. The number of benzene rings is 2. The number of oxime groups is 1. The van der Waals surface area contributed by atoms with E-state index in [4.69, 9.17) is 14.3 Å². The van der Waals surface area contributed by atoms with Crippen LogP contribution in [-0.2, 0) is 11.4 Å². The van der Waals surface area contributed by atoms with E-state index in [9.17, 15) is 9.18 Å². The molecule has 0 N–H and O–H groups in total. The van der Waals surface area contributed by atoms with E-state index in [1.165, 1.54) is 23.5 Å². The minimum absolute atomic E-state index is 0.0903. The van der Waals surface area contributed by atoms with Crippen LogP contribution in [0, 0.1) is 5.82 Å². The lowest BCUT2D eigenvalue weighted by atomic mass is 10.0. The highest BCUT2D eigenvalue weighted by Gasteiger charge is 2.28. The molecule has 3 aromatic rings. The van der Waals surface area contributed by atoms with Gasteiger partial charge < -0.3 is 19.2 Å². The fraction of sp³-hybridized carbons (Fsp3) is 0.250. The molecular weight excluding hydrogens is 431 g/mol. The average Bonchev–Trinajstić information content (AvgIpc) is 3.52. The average molecular weight is 455 g/mol. The zero-order valence-electron chi connectivity index (χ0n) is 17.8. The van der Waals surface area contributed by atoms with Gasteiger partial charge in [0.15, 0.2) is 17.6 Å². The first kappa shape index (κ1) is 21.8. The highest BCUT2D eigenvalue weighted by Crippen LogP contribution is 2.30. The van der Waals surface area contributed by atoms with Crippen molar-refractivity contribution in [2.75, 3.05) is 20.8 Å². The molecule has 1 aromatic heterocycles. The third kappa shape index (κ3) is 4.91. The van der Waals surface area contributed by atoms with Gasteiger partial charge in [0.1, 0.15) is 5.82 Å². The Kier molecular flexibility index (Phi) is 6.70. The first-order chi connectivity index (χ1) is 15.6. The molecule has 166 valence electrons. The van der Waals surface area contributed by atoms with Gasteiger partial charge >= 0.3 is 0 Å². The summed E-state index contributed by atoms with van der Waals surface area (Å²) >= 11 is 1.39. The van der Waals surface area contributed by atoms with Gasteiger partial charge in [-0.25, -0.2) is 4.39 Å². The number of amides is 1. The molecule has 0 saturated heterocycles. The molecule has 0 saturated carbocycles. The molecule has 1 amide bonds. The van der Waals surface area contributed by atoms with Crippen LogP contribution in [0.15, 0.2) is 65.1 Å². The summed E-state index contributed by atoms with van der Waals surface area (Å²) in [5.74, 6) is 0.853. The van der Waals surface area contributed by atoms with E-state index in [2.05, 4.69) is 5.16 Å². The Labute approximate surface area is 189 Å². The molecule has 32 heavy (non-hydrogen) atoms. The maximum Gasteiger partial charge on any atom is 0.264 e.